The van der Waals surface area contributed by atoms with Gasteiger partial charge in [-0.15, -0.1) is 24.2 Å². The van der Waals surface area contributed by atoms with Gasteiger partial charge in [-0.3, -0.25) is 9.59 Å². The highest BCUT2D eigenvalue weighted by Gasteiger charge is 2.23. The van der Waals surface area contributed by atoms with Crippen LogP contribution in [-0.4, -0.2) is 28.0 Å². The lowest BCUT2D eigenvalue weighted by molar-refractivity contribution is -0.119. The zero-order valence-corrected chi connectivity index (χ0v) is 17.5. The molecule has 9 heteroatoms. The Hall–Kier alpha value is -2.19. The molecule has 1 aliphatic carbocycles. The molecule has 1 aliphatic rings. The van der Waals surface area contributed by atoms with Crippen molar-refractivity contribution in [3.63, 3.8) is 0 Å². The monoisotopic (exact) mass is 424 g/mol. The lowest BCUT2D eigenvalue weighted by Crippen LogP contribution is -2.33. The molecule has 2 atom stereocenters. The van der Waals surface area contributed by atoms with Crippen molar-refractivity contribution in [2.45, 2.75) is 44.4 Å². The molecule has 0 saturated carbocycles. The fourth-order valence-corrected chi connectivity index (χ4v) is 3.84. The predicted molar refractivity (Wildman–Crippen MR) is 114 cm³/mol. The first-order valence-corrected chi connectivity index (χ1v) is 10.0. The third kappa shape index (κ3) is 5.65. The SMILES string of the molecule is Cc1cc(NC(=O)C(C)SCC(=O)NC2CCCc3cc(N)ccc32)no1.Cl. The van der Waals surface area contributed by atoms with E-state index >= 15 is 0 Å². The van der Waals surface area contributed by atoms with E-state index in [4.69, 9.17) is 10.3 Å². The first-order chi connectivity index (χ1) is 12.9. The standard InChI is InChI=1S/C19H24N4O3S.ClH/c1-11-8-17(23-26-11)22-19(25)12(2)27-10-18(24)21-16-5-3-4-13-9-14(20)6-7-15(13)16;/h6-9,12,16H,3-5,10,20H2,1-2H3,(H,21,24)(H,22,23,25);1H. The minimum atomic E-state index is -0.383. The number of nitrogen functional groups attached to an aromatic ring is 1. The molecule has 1 aromatic carbocycles. The van der Waals surface area contributed by atoms with Crippen LogP contribution in [0.25, 0.3) is 0 Å². The third-order valence-corrected chi connectivity index (χ3v) is 5.67. The molecular formula is C19H25ClN4O3S. The van der Waals surface area contributed by atoms with E-state index in [0.717, 1.165) is 30.5 Å². The van der Waals surface area contributed by atoms with E-state index in [9.17, 15) is 9.59 Å². The number of nitrogens with two attached hydrogens (primary N) is 1. The van der Waals surface area contributed by atoms with Crippen LogP contribution in [-0.2, 0) is 16.0 Å². The Morgan fingerprint density at radius 1 is 1.39 bits per heavy atom. The minimum Gasteiger partial charge on any atom is -0.399 e. The predicted octanol–water partition coefficient (Wildman–Crippen LogP) is 3.24. The van der Waals surface area contributed by atoms with E-state index in [2.05, 4.69) is 15.8 Å². The molecule has 0 spiro atoms. The number of fused-ring (bicyclic) bond motifs is 1. The maximum absolute atomic E-state index is 12.4. The van der Waals surface area contributed by atoms with Crippen LogP contribution in [0.3, 0.4) is 0 Å². The number of carbonyl (C=O) groups is 2. The van der Waals surface area contributed by atoms with E-state index in [1.807, 2.05) is 18.2 Å². The van der Waals surface area contributed by atoms with Crippen LogP contribution in [0, 0.1) is 6.92 Å². The Labute approximate surface area is 174 Å². The van der Waals surface area contributed by atoms with Crippen LogP contribution in [0.4, 0.5) is 11.5 Å². The maximum Gasteiger partial charge on any atom is 0.238 e. The number of nitrogens with one attached hydrogen (secondary N) is 2. The number of aryl methyl sites for hydroxylation is 2. The Balaban J connectivity index is 0.00000280. The Morgan fingerprint density at radius 3 is 2.89 bits per heavy atom. The number of rotatable bonds is 6. The normalized spacial score (nSPS) is 16.4. The molecule has 0 radical (unpaired) electrons. The quantitative estimate of drug-likeness (QED) is 0.614. The zero-order chi connectivity index (χ0) is 19.4. The van der Waals surface area contributed by atoms with Gasteiger partial charge >= 0.3 is 0 Å². The van der Waals surface area contributed by atoms with Crippen LogP contribution in [0.15, 0.2) is 28.8 Å². The first-order valence-electron chi connectivity index (χ1n) is 8.96. The Kier molecular flexibility index (Phi) is 7.77. The molecule has 2 amide bonds. The number of amides is 2. The molecule has 2 aromatic rings. The van der Waals surface area contributed by atoms with Gasteiger partial charge in [0.2, 0.25) is 11.8 Å². The third-order valence-electron chi connectivity index (χ3n) is 4.53. The smallest absolute Gasteiger partial charge is 0.238 e. The van der Waals surface area contributed by atoms with Gasteiger partial charge in [0.25, 0.3) is 0 Å². The van der Waals surface area contributed by atoms with Gasteiger partial charge in [-0.2, -0.15) is 0 Å². The molecule has 0 aliphatic heterocycles. The van der Waals surface area contributed by atoms with Gasteiger partial charge in [0.1, 0.15) is 5.76 Å². The minimum absolute atomic E-state index is 0. The van der Waals surface area contributed by atoms with Gasteiger partial charge in [0, 0.05) is 11.8 Å². The molecule has 4 N–H and O–H groups in total. The fourth-order valence-electron chi connectivity index (χ4n) is 3.15. The summed E-state index contributed by atoms with van der Waals surface area (Å²) in [5.74, 6) is 0.936. The number of aromatic nitrogens is 1. The van der Waals surface area contributed by atoms with Gasteiger partial charge in [0.05, 0.1) is 17.0 Å². The molecule has 152 valence electrons. The van der Waals surface area contributed by atoms with E-state index in [1.165, 1.54) is 17.3 Å². The van der Waals surface area contributed by atoms with Crippen molar-refractivity contribution in [1.29, 1.82) is 0 Å². The number of thioether (sulfide) groups is 1. The van der Waals surface area contributed by atoms with E-state index in [1.54, 1.807) is 19.9 Å². The molecule has 1 heterocycles. The van der Waals surface area contributed by atoms with Crippen molar-refractivity contribution in [2.75, 3.05) is 16.8 Å². The van der Waals surface area contributed by atoms with Crippen molar-refractivity contribution in [2.24, 2.45) is 0 Å². The van der Waals surface area contributed by atoms with Crippen LogP contribution >= 0.6 is 24.2 Å². The first kappa shape index (κ1) is 22.1. The summed E-state index contributed by atoms with van der Waals surface area (Å²) in [7, 11) is 0. The van der Waals surface area contributed by atoms with Gasteiger partial charge in [-0.05, 0) is 56.4 Å². The summed E-state index contributed by atoms with van der Waals surface area (Å²) in [5.41, 5.74) is 8.95. The lowest BCUT2D eigenvalue weighted by Gasteiger charge is -2.26. The van der Waals surface area contributed by atoms with Crippen molar-refractivity contribution in [3.05, 3.63) is 41.2 Å². The second-order valence-electron chi connectivity index (χ2n) is 6.74. The number of hydrogen-bond donors (Lipinski definition) is 3. The summed E-state index contributed by atoms with van der Waals surface area (Å²) < 4.78 is 4.92. The number of anilines is 2. The number of carbonyl (C=O) groups excluding carboxylic acids is 2. The maximum atomic E-state index is 12.4. The highest BCUT2D eigenvalue weighted by Crippen LogP contribution is 2.31. The fraction of sp³-hybridized carbons (Fsp3) is 0.421. The summed E-state index contributed by atoms with van der Waals surface area (Å²) in [6, 6.07) is 7.51. The van der Waals surface area contributed by atoms with Crippen molar-refractivity contribution < 1.29 is 14.1 Å². The van der Waals surface area contributed by atoms with Gasteiger partial charge in [-0.25, -0.2) is 0 Å². The van der Waals surface area contributed by atoms with Crippen LogP contribution in [0.1, 0.15) is 42.7 Å². The average Bonchev–Trinajstić information content (AvgIpc) is 3.04. The largest absolute Gasteiger partial charge is 0.399 e. The average molecular weight is 425 g/mol. The topological polar surface area (TPSA) is 110 Å². The van der Waals surface area contributed by atoms with E-state index < -0.39 is 0 Å². The highest BCUT2D eigenvalue weighted by molar-refractivity contribution is 8.01. The van der Waals surface area contributed by atoms with E-state index in [0.29, 0.717) is 11.6 Å². The van der Waals surface area contributed by atoms with Crippen molar-refractivity contribution in [3.8, 4) is 0 Å². The second-order valence-corrected chi connectivity index (χ2v) is 8.06. The summed E-state index contributed by atoms with van der Waals surface area (Å²) >= 11 is 1.29. The number of halogens is 1. The molecule has 3 rings (SSSR count). The molecule has 0 fully saturated rings. The summed E-state index contributed by atoms with van der Waals surface area (Å²) in [5, 5.41) is 9.11. The van der Waals surface area contributed by atoms with Crippen molar-refractivity contribution >= 4 is 47.5 Å². The Bertz CT molecular complexity index is 842. The molecule has 28 heavy (non-hydrogen) atoms. The molecule has 7 nitrogen and oxygen atoms in total. The number of benzene rings is 1. The molecule has 0 saturated heterocycles. The molecule has 1 aromatic heterocycles. The molecule has 0 bridgehead atoms. The van der Waals surface area contributed by atoms with Crippen molar-refractivity contribution in [1.82, 2.24) is 10.5 Å². The molecular weight excluding hydrogens is 400 g/mol. The van der Waals surface area contributed by atoms with Gasteiger partial charge < -0.3 is 20.9 Å². The lowest BCUT2D eigenvalue weighted by atomic mass is 9.87. The molecule has 2 unspecified atom stereocenters. The van der Waals surface area contributed by atoms with Crippen LogP contribution in [0.5, 0.6) is 0 Å². The van der Waals surface area contributed by atoms with Gasteiger partial charge in [0.15, 0.2) is 5.82 Å². The van der Waals surface area contributed by atoms with Gasteiger partial charge in [-0.1, -0.05) is 11.2 Å². The summed E-state index contributed by atoms with van der Waals surface area (Å²) in [4.78, 5) is 24.5. The van der Waals surface area contributed by atoms with Crippen LogP contribution < -0.4 is 16.4 Å². The number of hydrogen-bond acceptors (Lipinski definition) is 6. The summed E-state index contributed by atoms with van der Waals surface area (Å²) in [6.07, 6.45) is 2.92. The number of nitrogens with zero attached hydrogens (tertiary/aromatic N) is 1. The zero-order valence-electron chi connectivity index (χ0n) is 15.9. The highest BCUT2D eigenvalue weighted by atomic mass is 35.5. The Morgan fingerprint density at radius 2 is 2.18 bits per heavy atom. The van der Waals surface area contributed by atoms with E-state index in [-0.39, 0.29) is 41.3 Å². The second kappa shape index (κ2) is 9.84. The summed E-state index contributed by atoms with van der Waals surface area (Å²) in [6.45, 7) is 3.52. The van der Waals surface area contributed by atoms with Crippen LogP contribution in [0.2, 0.25) is 0 Å².